The summed E-state index contributed by atoms with van der Waals surface area (Å²) in [5, 5.41) is 5.03. The number of thiophene rings is 1. The van der Waals surface area contributed by atoms with Gasteiger partial charge in [-0.1, -0.05) is 6.07 Å². The average molecular weight is 345 g/mol. The van der Waals surface area contributed by atoms with Crippen LogP contribution in [0.1, 0.15) is 36.3 Å². The number of rotatable bonds is 7. The quantitative estimate of drug-likeness (QED) is 0.832. The number of fused-ring (bicyclic) bond motifs is 1. The molecule has 3 rings (SSSR count). The maximum Gasteiger partial charge on any atom is 0.220 e. The highest BCUT2D eigenvalue weighted by Crippen LogP contribution is 2.35. The van der Waals surface area contributed by atoms with Crippen molar-refractivity contribution in [2.24, 2.45) is 0 Å². The number of hydrogen-bond donors (Lipinski definition) is 1. The van der Waals surface area contributed by atoms with Crippen LogP contribution in [0.4, 0.5) is 0 Å². The number of aryl methyl sites for hydroxylation is 1. The standard InChI is InChI=1S/C19H23NO3S/c1-3-22-17-10-14-9-13(2)23-18(14)11-15(17)12-20-19(21)7-6-16-5-4-8-24-16/h4-5,8,10-11,13H,3,6-7,9,12H2,1-2H3,(H,20,21). The van der Waals surface area contributed by atoms with E-state index >= 15 is 0 Å². The van der Waals surface area contributed by atoms with Gasteiger partial charge in [0.1, 0.15) is 17.6 Å². The molecule has 5 heteroatoms. The third kappa shape index (κ3) is 4.09. The maximum atomic E-state index is 12.1. The lowest BCUT2D eigenvalue weighted by Crippen LogP contribution is -2.23. The summed E-state index contributed by atoms with van der Waals surface area (Å²) in [5.41, 5.74) is 2.15. The van der Waals surface area contributed by atoms with E-state index in [2.05, 4.69) is 24.4 Å². The van der Waals surface area contributed by atoms with Crippen LogP contribution in [0, 0.1) is 0 Å². The van der Waals surface area contributed by atoms with Crippen molar-refractivity contribution in [3.63, 3.8) is 0 Å². The first-order valence-electron chi connectivity index (χ1n) is 8.40. The van der Waals surface area contributed by atoms with Crippen LogP contribution in [0.25, 0.3) is 0 Å². The molecule has 128 valence electrons. The van der Waals surface area contributed by atoms with Crippen molar-refractivity contribution in [1.82, 2.24) is 5.32 Å². The number of hydrogen-bond acceptors (Lipinski definition) is 4. The van der Waals surface area contributed by atoms with Crippen LogP contribution in [-0.4, -0.2) is 18.6 Å². The van der Waals surface area contributed by atoms with Crippen molar-refractivity contribution in [3.8, 4) is 11.5 Å². The Morgan fingerprint density at radius 3 is 3.08 bits per heavy atom. The summed E-state index contributed by atoms with van der Waals surface area (Å²) < 4.78 is 11.6. The molecule has 0 radical (unpaired) electrons. The maximum absolute atomic E-state index is 12.1. The van der Waals surface area contributed by atoms with E-state index in [1.165, 1.54) is 10.4 Å². The van der Waals surface area contributed by atoms with E-state index in [0.29, 0.717) is 19.6 Å². The van der Waals surface area contributed by atoms with E-state index < -0.39 is 0 Å². The van der Waals surface area contributed by atoms with Crippen LogP contribution in [-0.2, 0) is 24.2 Å². The lowest BCUT2D eigenvalue weighted by Gasteiger charge is -2.13. The molecule has 1 amide bonds. The van der Waals surface area contributed by atoms with Crippen molar-refractivity contribution in [1.29, 1.82) is 0 Å². The van der Waals surface area contributed by atoms with Gasteiger partial charge in [0.2, 0.25) is 5.91 Å². The molecule has 2 aromatic rings. The van der Waals surface area contributed by atoms with Crippen molar-refractivity contribution in [3.05, 3.63) is 45.6 Å². The zero-order valence-corrected chi connectivity index (χ0v) is 14.9. The Morgan fingerprint density at radius 2 is 2.33 bits per heavy atom. The van der Waals surface area contributed by atoms with Crippen molar-refractivity contribution < 1.29 is 14.3 Å². The SMILES string of the molecule is CCOc1cc2c(cc1CNC(=O)CCc1cccs1)OC(C)C2. The van der Waals surface area contributed by atoms with Gasteiger partial charge in [0.25, 0.3) is 0 Å². The lowest BCUT2D eigenvalue weighted by molar-refractivity contribution is -0.121. The van der Waals surface area contributed by atoms with E-state index in [1.807, 2.05) is 24.4 Å². The van der Waals surface area contributed by atoms with Crippen LogP contribution >= 0.6 is 11.3 Å². The molecule has 4 nitrogen and oxygen atoms in total. The molecule has 1 unspecified atom stereocenters. The summed E-state index contributed by atoms with van der Waals surface area (Å²) in [7, 11) is 0. The van der Waals surface area contributed by atoms with Gasteiger partial charge in [0, 0.05) is 35.4 Å². The fraction of sp³-hybridized carbons (Fsp3) is 0.421. The van der Waals surface area contributed by atoms with E-state index in [-0.39, 0.29) is 12.0 Å². The normalized spacial score (nSPS) is 15.7. The van der Waals surface area contributed by atoms with Gasteiger partial charge in [-0.3, -0.25) is 4.79 Å². The number of nitrogens with one attached hydrogen (secondary N) is 1. The predicted molar refractivity (Wildman–Crippen MR) is 95.9 cm³/mol. The monoisotopic (exact) mass is 345 g/mol. The van der Waals surface area contributed by atoms with Gasteiger partial charge in [-0.05, 0) is 43.8 Å². The minimum absolute atomic E-state index is 0.0561. The summed E-state index contributed by atoms with van der Waals surface area (Å²) in [4.78, 5) is 13.3. The first kappa shape index (κ1) is 16.8. The smallest absolute Gasteiger partial charge is 0.220 e. The van der Waals surface area contributed by atoms with Crippen LogP contribution in [0.5, 0.6) is 11.5 Å². The average Bonchev–Trinajstić information content (AvgIpc) is 3.19. The molecule has 0 spiro atoms. The highest BCUT2D eigenvalue weighted by atomic mass is 32.1. The van der Waals surface area contributed by atoms with E-state index in [0.717, 1.165) is 29.9 Å². The Hall–Kier alpha value is -2.01. The zero-order chi connectivity index (χ0) is 16.9. The largest absolute Gasteiger partial charge is 0.494 e. The van der Waals surface area contributed by atoms with Crippen LogP contribution in [0.2, 0.25) is 0 Å². The number of ether oxygens (including phenoxy) is 2. The van der Waals surface area contributed by atoms with Crippen LogP contribution < -0.4 is 14.8 Å². The molecule has 1 atom stereocenters. The summed E-state index contributed by atoms with van der Waals surface area (Å²) in [6, 6.07) is 8.13. The zero-order valence-electron chi connectivity index (χ0n) is 14.1. The number of benzene rings is 1. The Labute approximate surface area is 146 Å². The number of amides is 1. The summed E-state index contributed by atoms with van der Waals surface area (Å²) in [6.07, 6.45) is 2.39. The van der Waals surface area contributed by atoms with Gasteiger partial charge in [-0.15, -0.1) is 11.3 Å². The second-order valence-corrected chi connectivity index (χ2v) is 7.02. The minimum atomic E-state index is 0.0561. The Kier molecular flexibility index (Phi) is 5.41. The van der Waals surface area contributed by atoms with Crippen LogP contribution in [0.15, 0.2) is 29.6 Å². The van der Waals surface area contributed by atoms with Crippen molar-refractivity contribution in [2.45, 2.75) is 45.8 Å². The molecule has 1 aliphatic heterocycles. The Balaban J connectivity index is 1.61. The van der Waals surface area contributed by atoms with Crippen molar-refractivity contribution in [2.75, 3.05) is 6.61 Å². The summed E-state index contributed by atoms with van der Waals surface area (Å²) in [6.45, 7) is 5.10. The molecule has 1 aromatic heterocycles. The first-order valence-corrected chi connectivity index (χ1v) is 9.28. The molecule has 0 bridgehead atoms. The molecule has 24 heavy (non-hydrogen) atoms. The van der Waals surface area contributed by atoms with Gasteiger partial charge in [-0.2, -0.15) is 0 Å². The second kappa shape index (κ2) is 7.71. The van der Waals surface area contributed by atoms with Gasteiger partial charge >= 0.3 is 0 Å². The van der Waals surface area contributed by atoms with E-state index in [4.69, 9.17) is 9.47 Å². The van der Waals surface area contributed by atoms with Gasteiger partial charge in [0.05, 0.1) is 6.61 Å². The second-order valence-electron chi connectivity index (χ2n) is 5.99. The fourth-order valence-corrected chi connectivity index (χ4v) is 3.59. The molecule has 1 aromatic carbocycles. The number of carbonyl (C=O) groups excluding carboxylic acids is 1. The summed E-state index contributed by atoms with van der Waals surface area (Å²) in [5.74, 6) is 1.81. The van der Waals surface area contributed by atoms with E-state index in [1.54, 1.807) is 11.3 Å². The summed E-state index contributed by atoms with van der Waals surface area (Å²) >= 11 is 1.69. The molecular weight excluding hydrogens is 322 g/mol. The molecule has 0 aliphatic carbocycles. The molecule has 0 saturated heterocycles. The number of carbonyl (C=O) groups is 1. The van der Waals surface area contributed by atoms with Gasteiger partial charge in [0.15, 0.2) is 0 Å². The lowest BCUT2D eigenvalue weighted by atomic mass is 10.1. The van der Waals surface area contributed by atoms with Gasteiger partial charge < -0.3 is 14.8 Å². The third-order valence-corrected chi connectivity index (χ3v) is 4.97. The highest BCUT2D eigenvalue weighted by Gasteiger charge is 2.22. The third-order valence-electron chi connectivity index (χ3n) is 4.03. The van der Waals surface area contributed by atoms with E-state index in [9.17, 15) is 4.79 Å². The minimum Gasteiger partial charge on any atom is -0.494 e. The Morgan fingerprint density at radius 1 is 1.46 bits per heavy atom. The molecular formula is C19H23NO3S. The van der Waals surface area contributed by atoms with Gasteiger partial charge in [-0.25, -0.2) is 0 Å². The molecule has 1 aliphatic rings. The topological polar surface area (TPSA) is 47.6 Å². The molecule has 2 heterocycles. The first-order chi connectivity index (χ1) is 11.7. The molecule has 1 N–H and O–H groups in total. The molecule has 0 fully saturated rings. The van der Waals surface area contributed by atoms with Crippen molar-refractivity contribution >= 4 is 17.2 Å². The highest BCUT2D eigenvalue weighted by molar-refractivity contribution is 7.09. The predicted octanol–water partition coefficient (Wildman–Crippen LogP) is 3.72. The fourth-order valence-electron chi connectivity index (χ4n) is 2.88. The Bertz CT molecular complexity index is 697. The molecule has 0 saturated carbocycles. The van der Waals surface area contributed by atoms with Crippen LogP contribution in [0.3, 0.4) is 0 Å².